The summed E-state index contributed by atoms with van der Waals surface area (Å²) in [6.07, 6.45) is 4.93. The van der Waals surface area contributed by atoms with Crippen LogP contribution in [0.15, 0.2) is 30.6 Å². The first-order valence-electron chi connectivity index (χ1n) is 7.72. The molecule has 0 saturated carbocycles. The third-order valence-electron chi connectivity index (χ3n) is 3.84. The van der Waals surface area contributed by atoms with Crippen molar-refractivity contribution in [2.75, 3.05) is 24.2 Å². The monoisotopic (exact) mass is 370 g/mol. The molecule has 2 heterocycles. The Hall–Kier alpha value is -1.57. The molecule has 132 valence electrons. The predicted octanol–water partition coefficient (Wildman–Crippen LogP) is 1.72. The van der Waals surface area contributed by atoms with Gasteiger partial charge in [0.25, 0.3) is 0 Å². The number of hydrogen-bond acceptors (Lipinski definition) is 6. The Balaban J connectivity index is 0.00000208. The van der Waals surface area contributed by atoms with Crippen molar-refractivity contribution in [1.29, 1.82) is 0 Å². The van der Waals surface area contributed by atoms with E-state index in [-0.39, 0.29) is 29.9 Å². The molecular formula is C16H23ClN4O2S. The zero-order chi connectivity index (χ0) is 16.2. The summed E-state index contributed by atoms with van der Waals surface area (Å²) in [6, 6.07) is 6.06. The van der Waals surface area contributed by atoms with Crippen LogP contribution < -0.4 is 21.1 Å². The van der Waals surface area contributed by atoms with Crippen LogP contribution in [0.2, 0.25) is 0 Å². The molecule has 3 rings (SSSR count). The molecule has 2 atom stereocenters. The van der Waals surface area contributed by atoms with Gasteiger partial charge in [0.05, 0.1) is 6.04 Å². The second-order valence-electron chi connectivity index (χ2n) is 5.61. The lowest BCUT2D eigenvalue weighted by molar-refractivity contribution is -0.114. The first-order chi connectivity index (χ1) is 11.2. The minimum absolute atomic E-state index is 0. The van der Waals surface area contributed by atoms with E-state index in [1.807, 2.05) is 24.4 Å². The van der Waals surface area contributed by atoms with Crippen LogP contribution in [0.5, 0.6) is 5.75 Å². The Labute approximate surface area is 152 Å². The van der Waals surface area contributed by atoms with Gasteiger partial charge >= 0.3 is 0 Å². The molecule has 0 spiro atoms. The maximum atomic E-state index is 11.2. The molecule has 0 aliphatic carbocycles. The number of nitrogens with zero attached hydrogens (tertiary/aromatic N) is 1. The maximum absolute atomic E-state index is 11.2. The summed E-state index contributed by atoms with van der Waals surface area (Å²) in [6.45, 7) is 2.83. The van der Waals surface area contributed by atoms with Gasteiger partial charge in [0, 0.05) is 37.3 Å². The van der Waals surface area contributed by atoms with Crippen molar-refractivity contribution in [3.63, 3.8) is 0 Å². The van der Waals surface area contributed by atoms with Crippen molar-refractivity contribution in [3.8, 4) is 5.75 Å². The Kier molecular flexibility index (Phi) is 6.65. The van der Waals surface area contributed by atoms with Gasteiger partial charge in [0.2, 0.25) is 5.91 Å². The molecule has 1 aromatic carbocycles. The van der Waals surface area contributed by atoms with Gasteiger partial charge < -0.3 is 26.0 Å². The van der Waals surface area contributed by atoms with E-state index >= 15 is 0 Å². The van der Waals surface area contributed by atoms with Crippen molar-refractivity contribution >= 4 is 35.8 Å². The molecule has 4 N–H and O–H groups in total. The molecule has 1 aromatic rings. The van der Waals surface area contributed by atoms with E-state index in [9.17, 15) is 4.79 Å². The van der Waals surface area contributed by atoms with Gasteiger partial charge in [-0.25, -0.2) is 0 Å². The van der Waals surface area contributed by atoms with E-state index in [4.69, 9.17) is 10.5 Å². The van der Waals surface area contributed by atoms with Gasteiger partial charge in [-0.3, -0.25) is 4.79 Å². The smallest absolute Gasteiger partial charge is 0.221 e. The van der Waals surface area contributed by atoms with Crippen molar-refractivity contribution in [2.45, 2.75) is 24.9 Å². The Morgan fingerprint density at radius 1 is 1.54 bits per heavy atom. The van der Waals surface area contributed by atoms with E-state index in [0.29, 0.717) is 13.2 Å². The summed E-state index contributed by atoms with van der Waals surface area (Å²) >= 11 is 1.79. The number of amides is 1. The van der Waals surface area contributed by atoms with Gasteiger partial charge in [-0.05, 0) is 30.2 Å². The predicted molar refractivity (Wildman–Crippen MR) is 100 cm³/mol. The van der Waals surface area contributed by atoms with Crippen molar-refractivity contribution < 1.29 is 9.53 Å². The number of halogens is 1. The molecule has 0 saturated heterocycles. The van der Waals surface area contributed by atoms with E-state index in [2.05, 4.69) is 21.7 Å². The molecule has 1 amide bonds. The molecule has 8 heteroatoms. The topological polar surface area (TPSA) is 79.6 Å². The number of fused-ring (bicyclic) bond motifs is 1. The molecule has 0 fully saturated rings. The number of carbonyl (C=O) groups excluding carboxylic acids is 1. The highest BCUT2D eigenvalue weighted by Crippen LogP contribution is 2.31. The third kappa shape index (κ3) is 4.28. The summed E-state index contributed by atoms with van der Waals surface area (Å²) < 4.78 is 5.91. The fraction of sp³-hybridized carbons (Fsp3) is 0.438. The number of nitrogens with two attached hydrogens (primary N) is 1. The standard InChI is InChI=1S/C16H22N4O2S.ClH/c1-11(21)19-13-2-3-15-12(8-13)9-14(10-22-15)20-6-5-18-16(20)23-7-4-17;/h2-3,5-6,8,14,16,18H,4,7,9-10,17H2,1H3,(H,19,21);1H/t14?,16-;/m1./s1. The zero-order valence-electron chi connectivity index (χ0n) is 13.5. The van der Waals surface area contributed by atoms with Crippen molar-refractivity contribution in [1.82, 2.24) is 10.2 Å². The van der Waals surface area contributed by atoms with Crippen LogP contribution in [-0.2, 0) is 11.2 Å². The fourth-order valence-electron chi connectivity index (χ4n) is 2.85. The highest BCUT2D eigenvalue weighted by Gasteiger charge is 2.30. The summed E-state index contributed by atoms with van der Waals surface area (Å²) in [4.78, 5) is 13.5. The van der Waals surface area contributed by atoms with Crippen LogP contribution in [0, 0.1) is 0 Å². The number of carbonyl (C=O) groups is 1. The highest BCUT2D eigenvalue weighted by atomic mass is 35.5. The van der Waals surface area contributed by atoms with Crippen LogP contribution in [0.25, 0.3) is 0 Å². The van der Waals surface area contributed by atoms with Crippen LogP contribution in [-0.4, -0.2) is 41.3 Å². The van der Waals surface area contributed by atoms with E-state index in [1.165, 1.54) is 6.92 Å². The molecule has 2 aliphatic heterocycles. The molecule has 0 radical (unpaired) electrons. The number of thioether (sulfide) groups is 1. The lowest BCUT2D eigenvalue weighted by Gasteiger charge is -2.36. The molecular weight excluding hydrogens is 348 g/mol. The minimum atomic E-state index is -0.0665. The first kappa shape index (κ1) is 18.8. The number of ether oxygens (including phenoxy) is 1. The van der Waals surface area contributed by atoms with Gasteiger partial charge in [-0.15, -0.1) is 24.2 Å². The summed E-state index contributed by atoms with van der Waals surface area (Å²) in [5.41, 5.74) is 7.74. The summed E-state index contributed by atoms with van der Waals surface area (Å²) in [5.74, 6) is 1.74. The lowest BCUT2D eigenvalue weighted by atomic mass is 10.0. The van der Waals surface area contributed by atoms with E-state index in [0.717, 1.165) is 29.2 Å². The maximum Gasteiger partial charge on any atom is 0.221 e. The lowest BCUT2D eigenvalue weighted by Crippen LogP contribution is -2.46. The van der Waals surface area contributed by atoms with Crippen molar-refractivity contribution in [3.05, 3.63) is 36.2 Å². The number of anilines is 1. The average molecular weight is 371 g/mol. The molecule has 1 unspecified atom stereocenters. The van der Waals surface area contributed by atoms with Crippen molar-refractivity contribution in [2.24, 2.45) is 5.73 Å². The molecule has 0 bridgehead atoms. The first-order valence-corrected chi connectivity index (χ1v) is 8.77. The number of rotatable bonds is 5. The number of benzene rings is 1. The number of hydrogen-bond donors (Lipinski definition) is 3. The van der Waals surface area contributed by atoms with E-state index in [1.54, 1.807) is 11.8 Å². The molecule has 6 nitrogen and oxygen atoms in total. The summed E-state index contributed by atoms with van der Waals surface area (Å²) in [7, 11) is 0. The summed E-state index contributed by atoms with van der Waals surface area (Å²) in [5, 5.41) is 6.16. The quantitative estimate of drug-likeness (QED) is 0.732. The largest absolute Gasteiger partial charge is 0.491 e. The Bertz CT molecular complexity index is 614. The molecule has 0 aromatic heterocycles. The minimum Gasteiger partial charge on any atom is -0.491 e. The SMILES string of the molecule is CC(=O)Nc1ccc2c(c1)CC(N1C=CN[C@H]1SCCN)CO2.Cl. The van der Waals surface area contributed by atoms with Gasteiger partial charge in [-0.1, -0.05) is 0 Å². The van der Waals surface area contributed by atoms with Crippen LogP contribution >= 0.6 is 24.2 Å². The molecule has 2 aliphatic rings. The second-order valence-corrected chi connectivity index (χ2v) is 6.80. The van der Waals surface area contributed by atoms with Crippen LogP contribution in [0.1, 0.15) is 12.5 Å². The van der Waals surface area contributed by atoms with Gasteiger partial charge in [0.1, 0.15) is 17.9 Å². The van der Waals surface area contributed by atoms with E-state index < -0.39 is 0 Å². The Morgan fingerprint density at radius 2 is 2.38 bits per heavy atom. The third-order valence-corrected chi connectivity index (χ3v) is 5.01. The second kappa shape index (κ2) is 8.50. The number of nitrogens with one attached hydrogen (secondary N) is 2. The normalized spacial score (nSPS) is 21.3. The van der Waals surface area contributed by atoms with Crippen LogP contribution in [0.3, 0.4) is 0 Å². The molecule has 24 heavy (non-hydrogen) atoms. The average Bonchev–Trinajstić information content (AvgIpc) is 3.00. The van der Waals surface area contributed by atoms with Crippen LogP contribution in [0.4, 0.5) is 5.69 Å². The zero-order valence-corrected chi connectivity index (χ0v) is 15.2. The van der Waals surface area contributed by atoms with Gasteiger partial charge in [0.15, 0.2) is 0 Å². The Morgan fingerprint density at radius 3 is 3.12 bits per heavy atom. The highest BCUT2D eigenvalue weighted by molar-refractivity contribution is 7.99. The fourth-order valence-corrected chi connectivity index (χ4v) is 3.80. The van der Waals surface area contributed by atoms with Gasteiger partial charge in [-0.2, -0.15) is 0 Å².